The quantitative estimate of drug-likeness (QED) is 0.376. The van der Waals surface area contributed by atoms with Crippen LogP contribution in [0.2, 0.25) is 5.02 Å². The van der Waals surface area contributed by atoms with Gasteiger partial charge in [0.15, 0.2) is 11.5 Å². The summed E-state index contributed by atoms with van der Waals surface area (Å²) in [6.07, 6.45) is 1.80. The fourth-order valence-electron chi connectivity index (χ4n) is 2.10. The van der Waals surface area contributed by atoms with E-state index in [1.54, 1.807) is 25.5 Å². The molecule has 2 aromatic carbocycles. The van der Waals surface area contributed by atoms with Gasteiger partial charge in [0.25, 0.3) is 0 Å². The molecule has 2 aromatic rings. The number of amides is 1. The number of benzene rings is 2. The molecular weight excluding hydrogens is 455 g/mol. The van der Waals surface area contributed by atoms with Gasteiger partial charge < -0.3 is 9.47 Å². The highest BCUT2D eigenvalue weighted by Crippen LogP contribution is 2.33. The molecule has 7 heteroatoms. The number of carbonyl (C=O) groups excluding carboxylic acids is 1. The minimum atomic E-state index is -0.203. The molecule has 0 unspecified atom stereocenters. The lowest BCUT2D eigenvalue weighted by Crippen LogP contribution is -2.19. The monoisotopic (exact) mass is 472 g/mol. The highest BCUT2D eigenvalue weighted by Gasteiger charge is 2.10. The second-order valence-electron chi connectivity index (χ2n) is 5.06. The number of rotatable bonds is 7. The minimum Gasteiger partial charge on any atom is -0.493 e. The zero-order valence-electron chi connectivity index (χ0n) is 13.9. The molecule has 0 aliphatic rings. The normalized spacial score (nSPS) is 10.7. The highest BCUT2D eigenvalue weighted by molar-refractivity contribution is 14.1. The molecule has 25 heavy (non-hydrogen) atoms. The Labute approximate surface area is 165 Å². The summed E-state index contributed by atoms with van der Waals surface area (Å²) in [4.78, 5) is 11.9. The number of hydrazone groups is 1. The molecule has 0 fully saturated rings. The van der Waals surface area contributed by atoms with Crippen molar-refractivity contribution in [3.63, 3.8) is 0 Å². The first-order valence-corrected chi connectivity index (χ1v) is 9.05. The molecular formula is C18H18ClIN2O3. The minimum absolute atomic E-state index is 0.203. The molecule has 0 radical (unpaired) electrons. The van der Waals surface area contributed by atoms with Gasteiger partial charge in [0.1, 0.15) is 0 Å². The van der Waals surface area contributed by atoms with Gasteiger partial charge in [-0.15, -0.1) is 0 Å². The summed E-state index contributed by atoms with van der Waals surface area (Å²) in [5, 5.41) is 4.64. The van der Waals surface area contributed by atoms with Crippen LogP contribution >= 0.6 is 34.2 Å². The maximum Gasteiger partial charge on any atom is 0.244 e. The summed E-state index contributed by atoms with van der Waals surface area (Å²) in [6.45, 7) is 2.47. The summed E-state index contributed by atoms with van der Waals surface area (Å²) in [5.74, 6) is 1.13. The van der Waals surface area contributed by atoms with Gasteiger partial charge in [0, 0.05) is 5.02 Å². The molecule has 0 spiro atoms. The van der Waals surface area contributed by atoms with Crippen molar-refractivity contribution in [2.75, 3.05) is 13.7 Å². The third-order valence-corrected chi connectivity index (χ3v) is 4.27. The molecule has 0 aliphatic heterocycles. The maximum absolute atomic E-state index is 11.9. The fourth-order valence-corrected chi connectivity index (χ4v) is 3.01. The Bertz CT molecular complexity index is 764. The van der Waals surface area contributed by atoms with Gasteiger partial charge in [-0.3, -0.25) is 4.79 Å². The molecule has 0 saturated carbocycles. The van der Waals surface area contributed by atoms with E-state index >= 15 is 0 Å². The Morgan fingerprint density at radius 2 is 2.04 bits per heavy atom. The van der Waals surface area contributed by atoms with E-state index in [2.05, 4.69) is 33.1 Å². The number of hydrogen-bond acceptors (Lipinski definition) is 4. The van der Waals surface area contributed by atoms with Crippen molar-refractivity contribution >= 4 is 46.3 Å². The Morgan fingerprint density at radius 1 is 1.32 bits per heavy atom. The van der Waals surface area contributed by atoms with E-state index in [1.165, 1.54) is 0 Å². The number of methoxy groups -OCH3 is 1. The summed E-state index contributed by atoms with van der Waals surface area (Å²) in [5.41, 5.74) is 4.19. The smallest absolute Gasteiger partial charge is 0.244 e. The Kier molecular flexibility index (Phi) is 7.52. The van der Waals surface area contributed by atoms with Gasteiger partial charge in [-0.2, -0.15) is 5.10 Å². The van der Waals surface area contributed by atoms with Crippen molar-refractivity contribution in [1.82, 2.24) is 5.43 Å². The lowest BCUT2D eigenvalue weighted by molar-refractivity contribution is -0.120. The SMILES string of the molecule is CCOc1c(I)cc(/C=N\NC(=O)Cc2ccc(Cl)cc2)cc1OC. The standard InChI is InChI=1S/C18H18ClIN2O3/c1-3-25-18-15(20)8-13(9-16(18)24-2)11-21-22-17(23)10-12-4-6-14(19)7-5-12/h4-9,11H,3,10H2,1-2H3,(H,22,23)/b21-11-. The molecule has 0 atom stereocenters. The van der Waals surface area contributed by atoms with Crippen LogP contribution in [0.4, 0.5) is 0 Å². The van der Waals surface area contributed by atoms with E-state index in [4.69, 9.17) is 21.1 Å². The zero-order valence-corrected chi connectivity index (χ0v) is 16.8. The van der Waals surface area contributed by atoms with Crippen molar-refractivity contribution in [3.05, 3.63) is 56.1 Å². The molecule has 0 aliphatic carbocycles. The molecule has 2 rings (SSSR count). The first-order valence-electron chi connectivity index (χ1n) is 7.60. The lowest BCUT2D eigenvalue weighted by atomic mass is 10.1. The molecule has 132 valence electrons. The van der Waals surface area contributed by atoms with E-state index < -0.39 is 0 Å². The Balaban J connectivity index is 2.00. The number of nitrogens with zero attached hydrogens (tertiary/aromatic N) is 1. The van der Waals surface area contributed by atoms with E-state index in [0.29, 0.717) is 23.1 Å². The van der Waals surface area contributed by atoms with Crippen molar-refractivity contribution in [1.29, 1.82) is 0 Å². The van der Waals surface area contributed by atoms with E-state index in [1.807, 2.05) is 31.2 Å². The lowest BCUT2D eigenvalue weighted by Gasteiger charge is -2.12. The van der Waals surface area contributed by atoms with Crippen molar-refractivity contribution in [2.24, 2.45) is 5.10 Å². The number of halogens is 2. The zero-order chi connectivity index (χ0) is 18.2. The third kappa shape index (κ3) is 5.89. The van der Waals surface area contributed by atoms with Crippen LogP contribution in [0.15, 0.2) is 41.5 Å². The molecule has 0 bridgehead atoms. The average molecular weight is 473 g/mol. The van der Waals surface area contributed by atoms with E-state index in [-0.39, 0.29) is 12.3 Å². The number of nitrogens with one attached hydrogen (secondary N) is 1. The highest BCUT2D eigenvalue weighted by atomic mass is 127. The topological polar surface area (TPSA) is 59.9 Å². The second-order valence-corrected chi connectivity index (χ2v) is 6.66. The predicted octanol–water partition coefficient (Wildman–Crippen LogP) is 4.04. The Hall–Kier alpha value is -1.80. The largest absolute Gasteiger partial charge is 0.493 e. The van der Waals surface area contributed by atoms with Crippen molar-refractivity contribution in [3.8, 4) is 11.5 Å². The van der Waals surface area contributed by atoms with Gasteiger partial charge >= 0.3 is 0 Å². The van der Waals surface area contributed by atoms with Crippen LogP contribution in [-0.4, -0.2) is 25.8 Å². The summed E-state index contributed by atoms with van der Waals surface area (Å²) >= 11 is 8.00. The number of hydrogen-bond donors (Lipinski definition) is 1. The van der Waals surface area contributed by atoms with Crippen LogP contribution in [-0.2, 0) is 11.2 Å². The number of carbonyl (C=O) groups is 1. The van der Waals surface area contributed by atoms with Crippen molar-refractivity contribution in [2.45, 2.75) is 13.3 Å². The van der Waals surface area contributed by atoms with Gasteiger partial charge in [-0.05, 0) is 64.9 Å². The van der Waals surface area contributed by atoms with Crippen molar-refractivity contribution < 1.29 is 14.3 Å². The first kappa shape index (κ1) is 19.5. The molecule has 0 saturated heterocycles. The number of ether oxygens (including phenoxy) is 2. The molecule has 0 heterocycles. The fraction of sp³-hybridized carbons (Fsp3) is 0.222. The van der Waals surface area contributed by atoms with Crippen LogP contribution in [0.5, 0.6) is 11.5 Å². The van der Waals surface area contributed by atoms with E-state index in [9.17, 15) is 4.79 Å². The van der Waals surface area contributed by atoms with Gasteiger partial charge in [-0.25, -0.2) is 5.43 Å². The molecule has 0 aromatic heterocycles. The Morgan fingerprint density at radius 3 is 2.68 bits per heavy atom. The van der Waals surface area contributed by atoms with Crippen LogP contribution in [0.25, 0.3) is 0 Å². The first-order chi connectivity index (χ1) is 12.0. The van der Waals surface area contributed by atoms with Crippen LogP contribution in [0.3, 0.4) is 0 Å². The second kappa shape index (κ2) is 9.62. The summed E-state index contributed by atoms with van der Waals surface area (Å²) in [6, 6.07) is 10.8. The third-order valence-electron chi connectivity index (χ3n) is 3.22. The van der Waals surface area contributed by atoms with Gasteiger partial charge in [-0.1, -0.05) is 23.7 Å². The van der Waals surface area contributed by atoms with Gasteiger partial charge in [0.2, 0.25) is 5.91 Å². The predicted molar refractivity (Wildman–Crippen MR) is 108 cm³/mol. The van der Waals surface area contributed by atoms with Crippen LogP contribution in [0.1, 0.15) is 18.1 Å². The summed E-state index contributed by atoms with van der Waals surface area (Å²) < 4.78 is 11.8. The molecule has 1 amide bonds. The molecule has 1 N–H and O–H groups in total. The van der Waals surface area contributed by atoms with Crippen LogP contribution in [0, 0.1) is 3.57 Å². The maximum atomic E-state index is 11.9. The average Bonchev–Trinajstić information content (AvgIpc) is 2.59. The van der Waals surface area contributed by atoms with E-state index in [0.717, 1.165) is 14.7 Å². The summed E-state index contributed by atoms with van der Waals surface area (Å²) in [7, 11) is 1.59. The van der Waals surface area contributed by atoms with Crippen LogP contribution < -0.4 is 14.9 Å². The van der Waals surface area contributed by atoms with Gasteiger partial charge in [0.05, 0.1) is 29.9 Å². The molecule has 5 nitrogen and oxygen atoms in total.